The van der Waals surface area contributed by atoms with Crippen LogP contribution in [0, 0.1) is 0 Å². The molecule has 7 heteroatoms. The van der Waals surface area contributed by atoms with Gasteiger partial charge in [0, 0.05) is 23.3 Å². The summed E-state index contributed by atoms with van der Waals surface area (Å²) in [6.45, 7) is -3.14. The third-order valence-electron chi connectivity index (χ3n) is 3.40. The van der Waals surface area contributed by atoms with Crippen LogP contribution in [0.25, 0.3) is 6.08 Å². The van der Waals surface area contributed by atoms with E-state index in [2.05, 4.69) is 4.74 Å². The van der Waals surface area contributed by atoms with E-state index in [-0.39, 0.29) is 12.4 Å². The fraction of sp³-hybridized carbons (Fsp3) is 0.211. The predicted octanol–water partition coefficient (Wildman–Crippen LogP) is 4.06. The van der Waals surface area contributed by atoms with E-state index in [4.69, 9.17) is 14.2 Å². The number of hydrogen-bond donors (Lipinski definition) is 0. The highest BCUT2D eigenvalue weighted by atomic mass is 19.3. The summed E-state index contributed by atoms with van der Waals surface area (Å²) in [6, 6.07) is 11.3. The number of hydrogen-bond acceptors (Lipinski definition) is 5. The highest BCUT2D eigenvalue weighted by Gasteiger charge is 2.10. The van der Waals surface area contributed by atoms with E-state index < -0.39 is 12.6 Å². The molecule has 2 rings (SSSR count). The zero-order valence-corrected chi connectivity index (χ0v) is 14.3. The first kappa shape index (κ1) is 19.2. The minimum absolute atomic E-state index is 0.0314. The summed E-state index contributed by atoms with van der Waals surface area (Å²) in [7, 11) is 3.04. The zero-order chi connectivity index (χ0) is 18.9. The van der Waals surface area contributed by atoms with Gasteiger partial charge in [0.1, 0.15) is 23.9 Å². The van der Waals surface area contributed by atoms with Crippen molar-refractivity contribution in [2.24, 2.45) is 0 Å². The van der Waals surface area contributed by atoms with Crippen LogP contribution in [0.4, 0.5) is 8.78 Å². The maximum absolute atomic E-state index is 12.4. The van der Waals surface area contributed by atoms with Crippen LogP contribution in [-0.2, 0) is 16.1 Å². The Morgan fingerprint density at radius 1 is 1.08 bits per heavy atom. The number of para-hydroxylation sites is 1. The molecule has 0 fully saturated rings. The van der Waals surface area contributed by atoms with Crippen molar-refractivity contribution in [3.8, 4) is 17.2 Å². The molecule has 0 radical (unpaired) electrons. The summed E-state index contributed by atoms with van der Waals surface area (Å²) in [4.78, 5) is 11.9. The predicted molar refractivity (Wildman–Crippen MR) is 91.5 cm³/mol. The van der Waals surface area contributed by atoms with Gasteiger partial charge in [0.25, 0.3) is 0 Å². The van der Waals surface area contributed by atoms with Gasteiger partial charge in [-0.2, -0.15) is 8.78 Å². The molecule has 0 aromatic heterocycles. The molecule has 0 atom stereocenters. The molecule has 0 heterocycles. The number of ether oxygens (including phenoxy) is 4. The largest absolute Gasteiger partial charge is 0.497 e. The molecule has 0 saturated carbocycles. The Hall–Kier alpha value is -3.09. The Bertz CT molecular complexity index is 774. The number of methoxy groups -OCH3 is 2. The van der Waals surface area contributed by atoms with Crippen molar-refractivity contribution in [2.45, 2.75) is 13.2 Å². The van der Waals surface area contributed by atoms with Gasteiger partial charge in [0.2, 0.25) is 0 Å². The monoisotopic (exact) mass is 364 g/mol. The SMILES string of the molecule is COc1ccc(C=CC(=O)OCc2ccccc2OC(F)F)c(OC)c1. The number of alkyl halides is 2. The molecule has 0 unspecified atom stereocenters. The van der Waals surface area contributed by atoms with E-state index in [9.17, 15) is 13.6 Å². The van der Waals surface area contributed by atoms with Crippen LogP contribution in [-0.4, -0.2) is 26.8 Å². The van der Waals surface area contributed by atoms with Crippen LogP contribution in [0.1, 0.15) is 11.1 Å². The van der Waals surface area contributed by atoms with Crippen LogP contribution in [0.2, 0.25) is 0 Å². The number of benzene rings is 2. The van der Waals surface area contributed by atoms with Gasteiger partial charge in [-0.15, -0.1) is 0 Å². The topological polar surface area (TPSA) is 54.0 Å². The van der Waals surface area contributed by atoms with Crippen molar-refractivity contribution < 1.29 is 32.5 Å². The summed E-state index contributed by atoms with van der Waals surface area (Å²) in [5.41, 5.74) is 1.00. The summed E-state index contributed by atoms with van der Waals surface area (Å²) < 4.78 is 44.5. The van der Waals surface area contributed by atoms with Crippen molar-refractivity contribution >= 4 is 12.0 Å². The molecule has 0 N–H and O–H groups in total. The number of carbonyl (C=O) groups excluding carboxylic acids is 1. The number of carbonyl (C=O) groups is 1. The van der Waals surface area contributed by atoms with Gasteiger partial charge in [-0.05, 0) is 24.3 Å². The molecule has 0 aliphatic rings. The maximum atomic E-state index is 12.4. The van der Waals surface area contributed by atoms with E-state index >= 15 is 0 Å². The molecule has 0 aliphatic carbocycles. The Morgan fingerprint density at radius 2 is 1.85 bits per heavy atom. The standard InChI is InChI=1S/C19H18F2O5/c1-23-15-9-7-13(17(11-15)24-2)8-10-18(22)25-12-14-5-3-4-6-16(14)26-19(20)21/h3-11,19H,12H2,1-2H3. The third kappa shape index (κ3) is 5.47. The lowest BCUT2D eigenvalue weighted by Crippen LogP contribution is -2.06. The van der Waals surface area contributed by atoms with Crippen molar-refractivity contribution in [2.75, 3.05) is 14.2 Å². The summed E-state index contributed by atoms with van der Waals surface area (Å²) in [6.07, 6.45) is 2.75. The normalized spacial score (nSPS) is 10.8. The molecule has 26 heavy (non-hydrogen) atoms. The molecular formula is C19H18F2O5. The van der Waals surface area contributed by atoms with Crippen molar-refractivity contribution in [3.05, 3.63) is 59.7 Å². The zero-order valence-electron chi connectivity index (χ0n) is 14.3. The van der Waals surface area contributed by atoms with E-state index in [1.54, 1.807) is 36.4 Å². The fourth-order valence-electron chi connectivity index (χ4n) is 2.14. The highest BCUT2D eigenvalue weighted by Crippen LogP contribution is 2.26. The van der Waals surface area contributed by atoms with Crippen molar-refractivity contribution in [1.82, 2.24) is 0 Å². The van der Waals surface area contributed by atoms with Crippen LogP contribution < -0.4 is 14.2 Å². The van der Waals surface area contributed by atoms with Crippen LogP contribution in [0.5, 0.6) is 17.2 Å². The van der Waals surface area contributed by atoms with Gasteiger partial charge in [0.15, 0.2) is 0 Å². The first-order valence-corrected chi connectivity index (χ1v) is 7.63. The maximum Gasteiger partial charge on any atom is 0.387 e. The van der Waals surface area contributed by atoms with E-state index in [0.717, 1.165) is 0 Å². The molecular weight excluding hydrogens is 346 g/mol. The molecule has 2 aromatic carbocycles. The van der Waals surface area contributed by atoms with Crippen molar-refractivity contribution in [1.29, 1.82) is 0 Å². The molecule has 5 nitrogen and oxygen atoms in total. The molecule has 0 spiro atoms. The van der Waals surface area contributed by atoms with E-state index in [1.165, 1.54) is 32.4 Å². The van der Waals surface area contributed by atoms with Crippen LogP contribution in [0.3, 0.4) is 0 Å². The average molecular weight is 364 g/mol. The lowest BCUT2D eigenvalue weighted by Gasteiger charge is -2.10. The minimum atomic E-state index is -2.95. The van der Waals surface area contributed by atoms with Gasteiger partial charge in [-0.3, -0.25) is 0 Å². The molecule has 138 valence electrons. The van der Waals surface area contributed by atoms with Gasteiger partial charge >= 0.3 is 12.6 Å². The third-order valence-corrected chi connectivity index (χ3v) is 3.40. The summed E-state index contributed by atoms with van der Waals surface area (Å²) in [5, 5.41) is 0. The van der Waals surface area contributed by atoms with Crippen LogP contribution in [0.15, 0.2) is 48.5 Å². The second-order valence-corrected chi connectivity index (χ2v) is 5.04. The Balaban J connectivity index is 2.00. The highest BCUT2D eigenvalue weighted by molar-refractivity contribution is 5.87. The molecule has 2 aromatic rings. The quantitative estimate of drug-likeness (QED) is 0.522. The molecule has 0 amide bonds. The smallest absolute Gasteiger partial charge is 0.387 e. The number of halogens is 2. The second kappa shape index (κ2) is 9.41. The number of rotatable bonds is 8. The van der Waals surface area contributed by atoms with Crippen LogP contribution >= 0.6 is 0 Å². The van der Waals surface area contributed by atoms with Gasteiger partial charge in [0.05, 0.1) is 14.2 Å². The van der Waals surface area contributed by atoms with E-state index in [0.29, 0.717) is 22.6 Å². The molecule has 0 aliphatic heterocycles. The summed E-state index contributed by atoms with van der Waals surface area (Å²) >= 11 is 0. The lowest BCUT2D eigenvalue weighted by molar-refractivity contribution is -0.139. The Labute approximate surface area is 149 Å². The Kier molecular flexibility index (Phi) is 6.96. The Morgan fingerprint density at radius 3 is 2.54 bits per heavy atom. The first-order chi connectivity index (χ1) is 12.5. The minimum Gasteiger partial charge on any atom is -0.497 e. The van der Waals surface area contributed by atoms with E-state index in [1.807, 2.05) is 0 Å². The molecule has 0 saturated heterocycles. The second-order valence-electron chi connectivity index (χ2n) is 5.04. The lowest BCUT2D eigenvalue weighted by atomic mass is 10.1. The summed E-state index contributed by atoms with van der Waals surface area (Å²) in [5.74, 6) is 0.493. The van der Waals surface area contributed by atoms with Gasteiger partial charge in [-0.1, -0.05) is 18.2 Å². The average Bonchev–Trinajstić information content (AvgIpc) is 2.65. The molecule has 0 bridgehead atoms. The first-order valence-electron chi connectivity index (χ1n) is 7.63. The van der Waals surface area contributed by atoms with Gasteiger partial charge in [-0.25, -0.2) is 4.79 Å². The fourth-order valence-corrected chi connectivity index (χ4v) is 2.14. The number of esters is 1. The van der Waals surface area contributed by atoms with Crippen molar-refractivity contribution in [3.63, 3.8) is 0 Å². The van der Waals surface area contributed by atoms with Gasteiger partial charge < -0.3 is 18.9 Å².